The fraction of sp³-hybridized carbons (Fsp3) is 0. The molecule has 6 aromatic carbocycles. The van der Waals surface area contributed by atoms with E-state index in [1.807, 2.05) is 42.5 Å². The summed E-state index contributed by atoms with van der Waals surface area (Å²) in [5, 5.41) is 15.9. The Bertz CT molecular complexity index is 2730. The normalized spacial score (nSPS) is 12.2. The molecule has 9 aromatic rings. The molecule has 0 aliphatic heterocycles. The fourth-order valence-corrected chi connectivity index (χ4v) is 7.05. The number of aromatic nitrogens is 2. The Balaban J connectivity index is 1.34. The topological polar surface area (TPSA) is 57.9 Å². The number of fused-ring (bicyclic) bond motifs is 12. The Kier molecular flexibility index (Phi) is 5.74. The van der Waals surface area contributed by atoms with Crippen molar-refractivity contribution >= 4 is 78.3 Å². The minimum atomic E-state index is 0.146. The van der Waals surface area contributed by atoms with Crippen LogP contribution in [0.4, 0.5) is 0 Å². The number of rotatable bonds is 3. The molecule has 0 saturated carbocycles. The van der Waals surface area contributed by atoms with Crippen molar-refractivity contribution in [3.05, 3.63) is 157 Å². The maximum Gasteiger partial charge on any atom is 0.161 e. The van der Waals surface area contributed by atoms with Gasteiger partial charge in [0.1, 0.15) is 0 Å². The highest BCUT2D eigenvalue weighted by atomic mass is 15.0. The summed E-state index contributed by atoms with van der Waals surface area (Å²) in [5.41, 5.74) is 8.34. The third kappa shape index (κ3) is 3.79. The summed E-state index contributed by atoms with van der Waals surface area (Å²) in [6, 6.07) is 50.5. The van der Waals surface area contributed by atoms with Gasteiger partial charge in [-0.25, -0.2) is 9.98 Å². The Morgan fingerprint density at radius 3 is 1.98 bits per heavy atom. The molecule has 0 unspecified atom stereocenters. The molecule has 5 nitrogen and oxygen atoms in total. The third-order valence-electron chi connectivity index (χ3n) is 9.01. The van der Waals surface area contributed by atoms with E-state index in [2.05, 4.69) is 129 Å². The van der Waals surface area contributed by atoms with Gasteiger partial charge in [-0.1, -0.05) is 109 Å². The van der Waals surface area contributed by atoms with Gasteiger partial charge in [0.25, 0.3) is 0 Å². The van der Waals surface area contributed by atoms with Crippen LogP contribution >= 0.6 is 0 Å². The highest BCUT2D eigenvalue weighted by Gasteiger charge is 2.20. The molecule has 1 N–H and O–H groups in total. The zero-order valence-electron chi connectivity index (χ0n) is 24.9. The summed E-state index contributed by atoms with van der Waals surface area (Å²) in [6.45, 7) is 3.79. The molecule has 0 saturated heterocycles. The average molecular weight is 590 g/mol. The van der Waals surface area contributed by atoms with Gasteiger partial charge < -0.3 is 8.97 Å². The molecule has 216 valence electrons. The molecule has 3 heterocycles. The maximum absolute atomic E-state index is 8.57. The molecule has 0 atom stereocenters. The lowest BCUT2D eigenvalue weighted by Gasteiger charge is -2.11. The highest BCUT2D eigenvalue weighted by Crippen LogP contribution is 2.41. The van der Waals surface area contributed by atoms with Crippen molar-refractivity contribution in [1.29, 1.82) is 5.41 Å². The summed E-state index contributed by atoms with van der Waals surface area (Å²) in [7, 11) is 0. The van der Waals surface area contributed by atoms with Gasteiger partial charge in [-0.05, 0) is 48.5 Å². The Hall–Kier alpha value is -6.33. The molecular formula is C41H27N5. The summed E-state index contributed by atoms with van der Waals surface area (Å²) >= 11 is 0. The quantitative estimate of drug-likeness (QED) is 0.121. The second kappa shape index (κ2) is 10.1. The molecule has 0 aliphatic carbocycles. The smallest absolute Gasteiger partial charge is 0.161 e. The molecule has 0 radical (unpaired) electrons. The first-order valence-corrected chi connectivity index (χ1v) is 15.3. The van der Waals surface area contributed by atoms with E-state index in [1.54, 1.807) is 0 Å². The van der Waals surface area contributed by atoms with Gasteiger partial charge in [-0.15, -0.1) is 0 Å². The van der Waals surface area contributed by atoms with Crippen LogP contribution in [-0.2, 0) is 0 Å². The number of para-hydroxylation sites is 2. The van der Waals surface area contributed by atoms with E-state index in [0.29, 0.717) is 5.84 Å². The largest absolute Gasteiger partial charge is 0.309 e. The van der Waals surface area contributed by atoms with Gasteiger partial charge >= 0.3 is 0 Å². The van der Waals surface area contributed by atoms with Crippen LogP contribution in [0.15, 0.2) is 156 Å². The standard InChI is InChI=1S/C41H27N5/c1-43-41(44-40(42)26-12-3-2-4-13-26)28-14-11-15-29(24-28)45-35-21-10-8-19-33(35)38-36(45)23-22-27-25-37-32-18-6-5-16-30(32)31-17-7-9-20-34(31)46(37)39(27)38/h2-25,42H,1H2. The number of aliphatic imine (C=N–C) groups is 2. The van der Waals surface area contributed by atoms with Crippen LogP contribution in [-0.4, -0.2) is 27.4 Å². The third-order valence-corrected chi connectivity index (χ3v) is 9.01. The highest BCUT2D eigenvalue weighted by molar-refractivity contribution is 6.24. The van der Waals surface area contributed by atoms with Gasteiger partial charge in [0.15, 0.2) is 11.7 Å². The minimum Gasteiger partial charge on any atom is -0.309 e. The SMILES string of the molecule is C=NC(=NC(=N)c1ccccc1)c1cccc(-n2c3ccccc3c3c2ccc2cc4c5ccccc5c5ccccc5n4c23)c1. The molecule has 46 heavy (non-hydrogen) atoms. The summed E-state index contributed by atoms with van der Waals surface area (Å²) in [4.78, 5) is 8.80. The number of benzene rings is 6. The van der Waals surface area contributed by atoms with Gasteiger partial charge in [-0.2, -0.15) is 0 Å². The van der Waals surface area contributed by atoms with Crippen LogP contribution < -0.4 is 0 Å². The molecular weight excluding hydrogens is 562 g/mol. The van der Waals surface area contributed by atoms with Crippen LogP contribution in [0.2, 0.25) is 0 Å². The van der Waals surface area contributed by atoms with E-state index < -0.39 is 0 Å². The predicted octanol–water partition coefficient (Wildman–Crippen LogP) is 9.97. The number of hydrogen-bond donors (Lipinski definition) is 1. The van der Waals surface area contributed by atoms with Crippen LogP contribution in [0.3, 0.4) is 0 Å². The second-order valence-corrected chi connectivity index (χ2v) is 11.5. The molecule has 0 fully saturated rings. The summed E-state index contributed by atoms with van der Waals surface area (Å²) in [5.74, 6) is 0.558. The number of amidine groups is 2. The first kappa shape index (κ1) is 26.1. The van der Waals surface area contributed by atoms with Crippen molar-refractivity contribution in [2.75, 3.05) is 0 Å². The first-order valence-electron chi connectivity index (χ1n) is 15.3. The van der Waals surface area contributed by atoms with E-state index >= 15 is 0 Å². The van der Waals surface area contributed by atoms with Crippen molar-refractivity contribution in [1.82, 2.24) is 8.97 Å². The molecule has 9 rings (SSSR count). The predicted molar refractivity (Wildman–Crippen MR) is 194 cm³/mol. The molecule has 0 spiro atoms. The lowest BCUT2D eigenvalue weighted by molar-refractivity contribution is 1.18. The van der Waals surface area contributed by atoms with Crippen molar-refractivity contribution in [3.63, 3.8) is 0 Å². The number of pyridine rings is 1. The first-order chi connectivity index (χ1) is 22.7. The number of nitrogens with zero attached hydrogens (tertiary/aromatic N) is 4. The van der Waals surface area contributed by atoms with E-state index in [4.69, 9.17) is 5.41 Å². The molecule has 3 aromatic heterocycles. The van der Waals surface area contributed by atoms with Crippen molar-refractivity contribution in [2.45, 2.75) is 0 Å². The number of hydrogen-bond acceptors (Lipinski definition) is 1. The van der Waals surface area contributed by atoms with Crippen molar-refractivity contribution in [3.8, 4) is 5.69 Å². The molecule has 0 amide bonds. The number of nitrogens with one attached hydrogen (secondary N) is 1. The van der Waals surface area contributed by atoms with Gasteiger partial charge in [-0.3, -0.25) is 5.41 Å². The molecule has 0 aliphatic rings. The maximum atomic E-state index is 8.57. The monoisotopic (exact) mass is 589 g/mol. The van der Waals surface area contributed by atoms with Crippen LogP contribution in [0.5, 0.6) is 0 Å². The van der Waals surface area contributed by atoms with Crippen LogP contribution in [0.25, 0.3) is 65.6 Å². The Morgan fingerprint density at radius 2 is 1.20 bits per heavy atom. The van der Waals surface area contributed by atoms with E-state index in [-0.39, 0.29) is 5.84 Å². The van der Waals surface area contributed by atoms with E-state index in [9.17, 15) is 0 Å². The van der Waals surface area contributed by atoms with E-state index in [0.717, 1.165) is 27.8 Å². The molecule has 5 heteroatoms. The Labute approximate surface area is 264 Å². The van der Waals surface area contributed by atoms with Crippen LogP contribution in [0.1, 0.15) is 11.1 Å². The zero-order valence-corrected chi connectivity index (χ0v) is 24.9. The summed E-state index contributed by atoms with van der Waals surface area (Å²) in [6.07, 6.45) is 0. The average Bonchev–Trinajstić information content (AvgIpc) is 3.67. The van der Waals surface area contributed by atoms with Crippen molar-refractivity contribution < 1.29 is 0 Å². The minimum absolute atomic E-state index is 0.146. The Morgan fingerprint density at radius 1 is 0.543 bits per heavy atom. The van der Waals surface area contributed by atoms with Crippen LogP contribution in [0, 0.1) is 5.41 Å². The lowest BCUT2D eigenvalue weighted by atomic mass is 10.1. The van der Waals surface area contributed by atoms with E-state index in [1.165, 1.54) is 48.9 Å². The summed E-state index contributed by atoms with van der Waals surface area (Å²) < 4.78 is 4.77. The fourth-order valence-electron chi connectivity index (χ4n) is 7.05. The zero-order chi connectivity index (χ0) is 30.8. The van der Waals surface area contributed by atoms with Gasteiger partial charge in [0, 0.05) is 43.7 Å². The van der Waals surface area contributed by atoms with Crippen molar-refractivity contribution in [2.24, 2.45) is 9.98 Å². The van der Waals surface area contributed by atoms with Gasteiger partial charge in [0.2, 0.25) is 0 Å². The molecule has 0 bridgehead atoms. The lowest BCUT2D eigenvalue weighted by Crippen LogP contribution is -2.04. The second-order valence-electron chi connectivity index (χ2n) is 11.5. The van der Waals surface area contributed by atoms with Gasteiger partial charge in [0.05, 0.1) is 27.6 Å².